The molecule has 96 valence electrons. The molecule has 3 heteroatoms. The van der Waals surface area contributed by atoms with Crippen LogP contribution in [0.4, 0.5) is 5.69 Å². The first-order chi connectivity index (χ1) is 7.98. The second kappa shape index (κ2) is 5.92. The lowest BCUT2D eigenvalue weighted by atomic mass is 9.90. The van der Waals surface area contributed by atoms with Crippen LogP contribution in [-0.2, 0) is 6.54 Å². The van der Waals surface area contributed by atoms with Crippen LogP contribution in [0.2, 0.25) is 0 Å². The molecule has 0 heterocycles. The normalized spacial score (nSPS) is 11.5. The van der Waals surface area contributed by atoms with Gasteiger partial charge >= 0.3 is 0 Å². The molecule has 0 spiro atoms. The van der Waals surface area contributed by atoms with Crippen molar-refractivity contribution >= 4 is 5.69 Å². The van der Waals surface area contributed by atoms with E-state index in [1.165, 1.54) is 6.42 Å². The molecule has 0 bridgehead atoms. The SMILES string of the molecule is CCC(C)(C)CNCc1ccc(N)cc1OC. The van der Waals surface area contributed by atoms with Crippen molar-refractivity contribution < 1.29 is 4.74 Å². The third kappa shape index (κ3) is 4.27. The van der Waals surface area contributed by atoms with Gasteiger partial charge in [0.25, 0.3) is 0 Å². The topological polar surface area (TPSA) is 47.3 Å². The minimum atomic E-state index is 0.334. The Morgan fingerprint density at radius 3 is 2.65 bits per heavy atom. The first-order valence-corrected chi connectivity index (χ1v) is 6.11. The minimum absolute atomic E-state index is 0.334. The van der Waals surface area contributed by atoms with Crippen molar-refractivity contribution in [2.24, 2.45) is 5.41 Å². The van der Waals surface area contributed by atoms with Gasteiger partial charge in [0.05, 0.1) is 7.11 Å². The molecular formula is C14H24N2O. The lowest BCUT2D eigenvalue weighted by molar-refractivity contribution is 0.326. The van der Waals surface area contributed by atoms with Crippen molar-refractivity contribution in [3.05, 3.63) is 23.8 Å². The maximum atomic E-state index is 5.72. The van der Waals surface area contributed by atoms with Crippen molar-refractivity contribution in [2.75, 3.05) is 19.4 Å². The van der Waals surface area contributed by atoms with Crippen LogP contribution in [0.3, 0.4) is 0 Å². The summed E-state index contributed by atoms with van der Waals surface area (Å²) in [6.45, 7) is 8.55. The second-order valence-electron chi connectivity index (χ2n) is 5.19. The molecule has 0 atom stereocenters. The second-order valence-corrected chi connectivity index (χ2v) is 5.19. The predicted octanol–water partition coefficient (Wildman–Crippen LogP) is 2.80. The van der Waals surface area contributed by atoms with Gasteiger partial charge in [-0.2, -0.15) is 0 Å². The Balaban J connectivity index is 2.57. The fraction of sp³-hybridized carbons (Fsp3) is 0.571. The van der Waals surface area contributed by atoms with Crippen LogP contribution in [0.1, 0.15) is 32.8 Å². The monoisotopic (exact) mass is 236 g/mol. The molecule has 3 nitrogen and oxygen atoms in total. The highest BCUT2D eigenvalue weighted by Crippen LogP contribution is 2.22. The number of methoxy groups -OCH3 is 1. The van der Waals surface area contributed by atoms with Gasteiger partial charge in [-0.1, -0.05) is 26.8 Å². The van der Waals surface area contributed by atoms with Crippen LogP contribution in [0.25, 0.3) is 0 Å². The average Bonchev–Trinajstić information content (AvgIpc) is 2.30. The van der Waals surface area contributed by atoms with E-state index in [2.05, 4.69) is 26.1 Å². The van der Waals surface area contributed by atoms with E-state index < -0.39 is 0 Å². The Morgan fingerprint density at radius 2 is 2.06 bits per heavy atom. The van der Waals surface area contributed by atoms with E-state index in [0.29, 0.717) is 5.41 Å². The predicted molar refractivity (Wildman–Crippen MR) is 73.2 cm³/mol. The Morgan fingerprint density at radius 1 is 1.35 bits per heavy atom. The molecule has 0 aliphatic rings. The molecule has 1 rings (SSSR count). The standard InChI is InChI=1S/C14H24N2O/c1-5-14(2,3)10-16-9-11-6-7-12(15)8-13(11)17-4/h6-8,16H,5,9-10,15H2,1-4H3. The number of benzene rings is 1. The van der Waals surface area contributed by atoms with Gasteiger partial charge in [-0.05, 0) is 17.9 Å². The molecule has 0 saturated carbocycles. The smallest absolute Gasteiger partial charge is 0.125 e. The van der Waals surface area contributed by atoms with Gasteiger partial charge in [-0.15, -0.1) is 0 Å². The third-order valence-electron chi connectivity index (χ3n) is 3.19. The van der Waals surface area contributed by atoms with Gasteiger partial charge in [0, 0.05) is 30.4 Å². The highest BCUT2D eigenvalue weighted by molar-refractivity contribution is 5.48. The number of nitrogens with one attached hydrogen (secondary N) is 1. The van der Waals surface area contributed by atoms with E-state index in [0.717, 1.165) is 30.1 Å². The fourth-order valence-electron chi connectivity index (χ4n) is 1.57. The third-order valence-corrected chi connectivity index (χ3v) is 3.19. The zero-order chi connectivity index (χ0) is 12.9. The number of hydrogen-bond donors (Lipinski definition) is 2. The Bertz CT molecular complexity index is 361. The van der Waals surface area contributed by atoms with Crippen LogP contribution in [-0.4, -0.2) is 13.7 Å². The van der Waals surface area contributed by atoms with Crippen LogP contribution in [0.5, 0.6) is 5.75 Å². The summed E-state index contributed by atoms with van der Waals surface area (Å²) in [4.78, 5) is 0. The van der Waals surface area contributed by atoms with Crippen LogP contribution < -0.4 is 15.8 Å². The molecule has 0 aliphatic carbocycles. The van der Waals surface area contributed by atoms with Crippen molar-refractivity contribution in [1.82, 2.24) is 5.32 Å². The lowest BCUT2D eigenvalue weighted by Gasteiger charge is -2.23. The van der Waals surface area contributed by atoms with Crippen LogP contribution in [0.15, 0.2) is 18.2 Å². The van der Waals surface area contributed by atoms with Crippen molar-refractivity contribution in [3.8, 4) is 5.75 Å². The van der Waals surface area contributed by atoms with Gasteiger partial charge in [0.1, 0.15) is 5.75 Å². The minimum Gasteiger partial charge on any atom is -0.496 e. The molecule has 0 fully saturated rings. The molecule has 3 N–H and O–H groups in total. The van der Waals surface area contributed by atoms with Gasteiger partial charge in [0.2, 0.25) is 0 Å². The summed E-state index contributed by atoms with van der Waals surface area (Å²) < 4.78 is 5.32. The highest BCUT2D eigenvalue weighted by Gasteiger charge is 2.14. The number of ether oxygens (including phenoxy) is 1. The maximum Gasteiger partial charge on any atom is 0.125 e. The Hall–Kier alpha value is -1.22. The summed E-state index contributed by atoms with van der Waals surface area (Å²) in [5.74, 6) is 0.854. The van der Waals surface area contributed by atoms with Crippen molar-refractivity contribution in [1.29, 1.82) is 0 Å². The molecule has 0 radical (unpaired) electrons. The number of nitrogens with two attached hydrogens (primary N) is 1. The van der Waals surface area contributed by atoms with E-state index in [-0.39, 0.29) is 0 Å². The van der Waals surface area contributed by atoms with E-state index >= 15 is 0 Å². The van der Waals surface area contributed by atoms with Crippen LogP contribution in [0, 0.1) is 5.41 Å². The summed E-state index contributed by atoms with van der Waals surface area (Å²) in [7, 11) is 1.67. The summed E-state index contributed by atoms with van der Waals surface area (Å²) in [6.07, 6.45) is 1.17. The molecule has 0 unspecified atom stereocenters. The first-order valence-electron chi connectivity index (χ1n) is 6.11. The molecule has 0 amide bonds. The first kappa shape index (κ1) is 13.8. The molecule has 0 saturated heterocycles. The van der Waals surface area contributed by atoms with E-state index in [1.54, 1.807) is 7.11 Å². The van der Waals surface area contributed by atoms with Gasteiger partial charge in [0.15, 0.2) is 0 Å². The van der Waals surface area contributed by atoms with E-state index in [9.17, 15) is 0 Å². The summed E-state index contributed by atoms with van der Waals surface area (Å²) >= 11 is 0. The largest absolute Gasteiger partial charge is 0.496 e. The Labute approximate surface area is 104 Å². The summed E-state index contributed by atoms with van der Waals surface area (Å²) in [5.41, 5.74) is 7.94. The molecule has 0 aromatic heterocycles. The van der Waals surface area contributed by atoms with E-state index in [1.807, 2.05) is 18.2 Å². The Kier molecular flexibility index (Phi) is 4.82. The lowest BCUT2D eigenvalue weighted by Crippen LogP contribution is -2.28. The molecule has 0 aliphatic heterocycles. The summed E-state index contributed by atoms with van der Waals surface area (Å²) in [5, 5.41) is 3.47. The van der Waals surface area contributed by atoms with Gasteiger partial charge < -0.3 is 15.8 Å². The van der Waals surface area contributed by atoms with Crippen LogP contribution >= 0.6 is 0 Å². The van der Waals surface area contributed by atoms with Crippen molar-refractivity contribution in [3.63, 3.8) is 0 Å². The molecule has 1 aromatic carbocycles. The fourth-order valence-corrected chi connectivity index (χ4v) is 1.57. The zero-order valence-electron chi connectivity index (χ0n) is 11.3. The summed E-state index contributed by atoms with van der Waals surface area (Å²) in [6, 6.07) is 5.78. The van der Waals surface area contributed by atoms with Crippen molar-refractivity contribution in [2.45, 2.75) is 33.7 Å². The number of nitrogen functional groups attached to an aromatic ring is 1. The van der Waals surface area contributed by atoms with E-state index in [4.69, 9.17) is 10.5 Å². The van der Waals surface area contributed by atoms with Gasteiger partial charge in [-0.3, -0.25) is 0 Å². The number of hydrogen-bond acceptors (Lipinski definition) is 3. The molecular weight excluding hydrogens is 212 g/mol. The molecule has 17 heavy (non-hydrogen) atoms. The zero-order valence-corrected chi connectivity index (χ0v) is 11.3. The van der Waals surface area contributed by atoms with Gasteiger partial charge in [-0.25, -0.2) is 0 Å². The number of rotatable bonds is 6. The maximum absolute atomic E-state index is 5.72. The average molecular weight is 236 g/mol. The highest BCUT2D eigenvalue weighted by atomic mass is 16.5. The molecule has 1 aromatic rings. The number of anilines is 1. The quantitative estimate of drug-likeness (QED) is 0.747.